The van der Waals surface area contributed by atoms with Gasteiger partial charge in [0.1, 0.15) is 16.5 Å². The van der Waals surface area contributed by atoms with Gasteiger partial charge in [-0.25, -0.2) is 9.97 Å². The first-order chi connectivity index (χ1) is 11.7. The van der Waals surface area contributed by atoms with Crippen LogP contribution < -0.4 is 11.1 Å². The van der Waals surface area contributed by atoms with E-state index >= 15 is 0 Å². The molecule has 3 N–H and O–H groups in total. The number of para-hydroxylation sites is 1. The maximum Gasteiger partial charge on any atom is 0.433 e. The lowest BCUT2D eigenvalue weighted by molar-refractivity contribution is -0.402. The first kappa shape index (κ1) is 15.6. The number of fused-ring (bicyclic) bond motifs is 1. The van der Waals surface area contributed by atoms with Crippen molar-refractivity contribution in [2.75, 3.05) is 18.4 Å². The molecule has 0 aliphatic heterocycles. The molecule has 0 aliphatic carbocycles. The number of nitro groups is 1. The summed E-state index contributed by atoms with van der Waals surface area (Å²) in [5, 5.41) is 14.7. The molecule has 8 heteroatoms. The first-order valence-electron chi connectivity index (χ1n) is 7.30. The van der Waals surface area contributed by atoms with Gasteiger partial charge in [0.2, 0.25) is 0 Å². The van der Waals surface area contributed by atoms with Crippen molar-refractivity contribution in [2.24, 2.45) is 5.73 Å². The summed E-state index contributed by atoms with van der Waals surface area (Å²) in [4.78, 5) is 19.0. The molecule has 2 aromatic heterocycles. The predicted molar refractivity (Wildman–Crippen MR) is 91.4 cm³/mol. The Morgan fingerprint density at radius 2 is 2.04 bits per heavy atom. The number of nitrogens with two attached hydrogens (primary N) is 1. The lowest BCUT2D eigenvalue weighted by Crippen LogP contribution is -2.14. The van der Waals surface area contributed by atoms with Gasteiger partial charge < -0.3 is 15.5 Å². The number of hydrogen-bond acceptors (Lipinski definition) is 7. The van der Waals surface area contributed by atoms with Crippen LogP contribution in [0.15, 0.2) is 40.8 Å². The van der Waals surface area contributed by atoms with Crippen LogP contribution in [0.3, 0.4) is 0 Å². The largest absolute Gasteiger partial charge is 0.433 e. The van der Waals surface area contributed by atoms with Crippen LogP contribution in [-0.2, 0) is 0 Å². The molecule has 122 valence electrons. The van der Waals surface area contributed by atoms with E-state index in [1.165, 1.54) is 12.1 Å². The molecular formula is C16H15N5O3. The Labute approximate surface area is 137 Å². The minimum absolute atomic E-state index is 0.306. The smallest absolute Gasteiger partial charge is 0.401 e. The standard InChI is InChI=1S/C16H15N5O3/c17-9-10-18-16-12-3-1-2-4-13(12)19-14(20-16)7-5-11-6-8-15(24-11)21(22)23/h1-8H,9-10,17H2,(H,18,19,20). The van der Waals surface area contributed by atoms with Crippen LogP contribution in [0.25, 0.3) is 23.1 Å². The lowest BCUT2D eigenvalue weighted by atomic mass is 10.2. The molecule has 0 saturated carbocycles. The van der Waals surface area contributed by atoms with Crippen molar-refractivity contribution in [1.29, 1.82) is 0 Å². The minimum atomic E-state index is -0.585. The normalized spacial score (nSPS) is 11.2. The minimum Gasteiger partial charge on any atom is -0.401 e. The average molecular weight is 325 g/mol. The Kier molecular flexibility index (Phi) is 4.48. The Morgan fingerprint density at radius 3 is 2.79 bits per heavy atom. The molecule has 24 heavy (non-hydrogen) atoms. The molecule has 0 amide bonds. The van der Waals surface area contributed by atoms with Gasteiger partial charge in [0.25, 0.3) is 0 Å². The Hall–Kier alpha value is -3.26. The second-order valence-electron chi connectivity index (χ2n) is 4.93. The molecule has 1 aromatic carbocycles. The number of nitrogens with one attached hydrogen (secondary N) is 1. The molecular weight excluding hydrogens is 310 g/mol. The lowest BCUT2D eigenvalue weighted by Gasteiger charge is -2.08. The van der Waals surface area contributed by atoms with Crippen LogP contribution in [0.1, 0.15) is 11.6 Å². The van der Waals surface area contributed by atoms with Crippen molar-refractivity contribution in [2.45, 2.75) is 0 Å². The maximum absolute atomic E-state index is 10.6. The Bertz CT molecular complexity index is 904. The summed E-state index contributed by atoms with van der Waals surface area (Å²) in [6, 6.07) is 10.4. The van der Waals surface area contributed by atoms with Gasteiger partial charge in [0.15, 0.2) is 5.82 Å². The van der Waals surface area contributed by atoms with Crippen LogP contribution in [0.4, 0.5) is 11.7 Å². The van der Waals surface area contributed by atoms with Crippen LogP contribution in [0.5, 0.6) is 0 Å². The summed E-state index contributed by atoms with van der Waals surface area (Å²) in [6.45, 7) is 1.08. The highest BCUT2D eigenvalue weighted by Crippen LogP contribution is 2.21. The molecule has 8 nitrogen and oxygen atoms in total. The number of anilines is 1. The number of benzene rings is 1. The molecule has 0 aliphatic rings. The van der Waals surface area contributed by atoms with Gasteiger partial charge in [-0.05, 0) is 30.4 Å². The topological polar surface area (TPSA) is 120 Å². The summed E-state index contributed by atoms with van der Waals surface area (Å²) in [6.07, 6.45) is 3.23. The second kappa shape index (κ2) is 6.88. The quantitative estimate of drug-likeness (QED) is 0.528. The van der Waals surface area contributed by atoms with Crippen molar-refractivity contribution in [3.63, 3.8) is 0 Å². The zero-order chi connectivity index (χ0) is 16.9. The van der Waals surface area contributed by atoms with Crippen molar-refractivity contribution < 1.29 is 9.34 Å². The van der Waals surface area contributed by atoms with Crippen LogP contribution in [0, 0.1) is 10.1 Å². The van der Waals surface area contributed by atoms with Crippen molar-refractivity contribution in [3.05, 3.63) is 58.1 Å². The highest BCUT2D eigenvalue weighted by Gasteiger charge is 2.10. The first-order valence-corrected chi connectivity index (χ1v) is 7.30. The van der Waals surface area contributed by atoms with Gasteiger partial charge in [-0.2, -0.15) is 0 Å². The third-order valence-corrected chi connectivity index (χ3v) is 3.25. The van der Waals surface area contributed by atoms with E-state index in [4.69, 9.17) is 10.2 Å². The number of aromatic nitrogens is 2. The molecule has 0 fully saturated rings. The van der Waals surface area contributed by atoms with E-state index in [2.05, 4.69) is 15.3 Å². The van der Waals surface area contributed by atoms with Gasteiger partial charge >= 0.3 is 5.88 Å². The number of hydrogen-bond donors (Lipinski definition) is 2. The fraction of sp³-hybridized carbons (Fsp3) is 0.125. The van der Waals surface area contributed by atoms with Crippen LogP contribution in [0.2, 0.25) is 0 Å². The molecule has 0 radical (unpaired) electrons. The zero-order valence-corrected chi connectivity index (χ0v) is 12.7. The van der Waals surface area contributed by atoms with E-state index < -0.39 is 4.92 Å². The number of nitrogens with zero attached hydrogens (tertiary/aromatic N) is 3. The molecule has 0 spiro atoms. The van der Waals surface area contributed by atoms with E-state index in [0.717, 1.165) is 10.9 Å². The van der Waals surface area contributed by atoms with Crippen molar-refractivity contribution in [1.82, 2.24) is 9.97 Å². The molecule has 3 aromatic rings. The molecule has 0 atom stereocenters. The van der Waals surface area contributed by atoms with Crippen LogP contribution >= 0.6 is 0 Å². The van der Waals surface area contributed by atoms with Gasteiger partial charge in [0, 0.05) is 18.5 Å². The third kappa shape index (κ3) is 3.39. The molecule has 2 heterocycles. The van der Waals surface area contributed by atoms with E-state index in [-0.39, 0.29) is 5.88 Å². The highest BCUT2D eigenvalue weighted by molar-refractivity contribution is 5.89. The molecule has 0 unspecified atom stereocenters. The van der Waals surface area contributed by atoms with Crippen molar-refractivity contribution >= 4 is 34.8 Å². The number of furan rings is 1. The second-order valence-corrected chi connectivity index (χ2v) is 4.93. The van der Waals surface area contributed by atoms with Crippen LogP contribution in [-0.4, -0.2) is 28.0 Å². The number of rotatable bonds is 6. The van der Waals surface area contributed by atoms with Gasteiger partial charge in [-0.15, -0.1) is 0 Å². The van der Waals surface area contributed by atoms with Gasteiger partial charge in [-0.1, -0.05) is 12.1 Å². The Morgan fingerprint density at radius 1 is 1.21 bits per heavy atom. The van der Waals surface area contributed by atoms with E-state index in [9.17, 15) is 10.1 Å². The fourth-order valence-corrected chi connectivity index (χ4v) is 2.18. The Balaban J connectivity index is 1.93. The summed E-state index contributed by atoms with van der Waals surface area (Å²) < 4.78 is 5.08. The zero-order valence-electron chi connectivity index (χ0n) is 12.7. The van der Waals surface area contributed by atoms with Crippen molar-refractivity contribution in [3.8, 4) is 0 Å². The molecule has 0 bridgehead atoms. The monoisotopic (exact) mass is 325 g/mol. The highest BCUT2D eigenvalue weighted by atomic mass is 16.6. The average Bonchev–Trinajstić information content (AvgIpc) is 3.07. The van der Waals surface area contributed by atoms with Gasteiger partial charge in [-0.3, -0.25) is 10.1 Å². The summed E-state index contributed by atoms with van der Waals surface area (Å²) in [5.41, 5.74) is 6.32. The molecule has 0 saturated heterocycles. The SMILES string of the molecule is NCCNc1nc(C=Cc2ccc([N+](=O)[O-])o2)nc2ccccc12. The van der Waals surface area contributed by atoms with E-state index in [1.54, 1.807) is 12.2 Å². The molecule has 3 rings (SSSR count). The third-order valence-electron chi connectivity index (χ3n) is 3.25. The predicted octanol–water partition coefficient (Wildman–Crippen LogP) is 2.67. The summed E-state index contributed by atoms with van der Waals surface area (Å²) in [5.74, 6) is 1.21. The summed E-state index contributed by atoms with van der Waals surface area (Å²) in [7, 11) is 0. The van der Waals surface area contributed by atoms with Gasteiger partial charge in [0.05, 0.1) is 11.6 Å². The fourth-order valence-electron chi connectivity index (χ4n) is 2.18. The summed E-state index contributed by atoms with van der Waals surface area (Å²) >= 11 is 0. The van der Waals surface area contributed by atoms with E-state index in [0.29, 0.717) is 30.5 Å². The van der Waals surface area contributed by atoms with E-state index in [1.807, 2.05) is 24.3 Å². The maximum atomic E-state index is 10.6.